The van der Waals surface area contributed by atoms with Crippen molar-refractivity contribution in [1.82, 2.24) is 4.57 Å². The van der Waals surface area contributed by atoms with Gasteiger partial charge in [-0.1, -0.05) is 60.7 Å². The van der Waals surface area contributed by atoms with Crippen molar-refractivity contribution >= 4 is 17.0 Å². The van der Waals surface area contributed by atoms with Crippen molar-refractivity contribution in [3.63, 3.8) is 0 Å². The summed E-state index contributed by atoms with van der Waals surface area (Å²) in [5, 5.41) is 10.8. The van der Waals surface area contributed by atoms with E-state index in [0.717, 1.165) is 17.1 Å². The molecule has 0 saturated carbocycles. The molecule has 0 saturated heterocycles. The molecule has 0 unspecified atom stereocenters. The molecule has 0 aliphatic heterocycles. The minimum absolute atomic E-state index is 0.783. The maximum atomic E-state index is 4.42. The highest BCUT2D eigenvalue weighted by atomic mass is 32.1. The van der Waals surface area contributed by atoms with Crippen molar-refractivity contribution in [3.8, 4) is 11.3 Å². The first-order valence-corrected chi connectivity index (χ1v) is 8.44. The average molecular weight is 321 g/mol. The Kier molecular flexibility index (Phi) is 4.83. The summed E-state index contributed by atoms with van der Waals surface area (Å²) in [6, 6.07) is 20.9. The summed E-state index contributed by atoms with van der Waals surface area (Å²) >= 11 is 1.62. The number of hydrogen-bond acceptors (Lipinski definition) is 3. The molecule has 0 aliphatic rings. The van der Waals surface area contributed by atoms with Crippen LogP contribution >= 0.6 is 11.3 Å². The summed E-state index contributed by atoms with van der Waals surface area (Å²) in [6.07, 6.45) is 0. The molecule has 0 amide bonds. The molecule has 116 valence electrons. The second kappa shape index (κ2) is 7.20. The molecule has 0 atom stereocenters. The van der Waals surface area contributed by atoms with Crippen molar-refractivity contribution in [3.05, 3.63) is 76.4 Å². The Morgan fingerprint density at radius 3 is 2.26 bits per heavy atom. The maximum absolute atomic E-state index is 4.42. The largest absolute Gasteiger partial charge is 0.311 e. The predicted octanol–water partition coefficient (Wildman–Crippen LogP) is 4.56. The normalized spacial score (nSPS) is 11.5. The zero-order chi connectivity index (χ0) is 16.1. The summed E-state index contributed by atoms with van der Waals surface area (Å²) in [5.41, 5.74) is 4.56. The van der Waals surface area contributed by atoms with Gasteiger partial charge >= 0.3 is 0 Å². The van der Waals surface area contributed by atoms with Gasteiger partial charge in [-0.3, -0.25) is 0 Å². The van der Waals surface area contributed by atoms with E-state index in [0.29, 0.717) is 0 Å². The molecule has 0 bridgehead atoms. The quantitative estimate of drug-likeness (QED) is 0.498. The zero-order valence-electron chi connectivity index (χ0n) is 13.3. The van der Waals surface area contributed by atoms with E-state index in [1.807, 2.05) is 26.0 Å². The van der Waals surface area contributed by atoms with Crippen molar-refractivity contribution in [2.75, 3.05) is 0 Å². The minimum atomic E-state index is 0.783. The highest BCUT2D eigenvalue weighted by molar-refractivity contribution is 7.07. The van der Waals surface area contributed by atoms with Crippen molar-refractivity contribution < 1.29 is 0 Å². The lowest BCUT2D eigenvalue weighted by Crippen LogP contribution is -2.16. The molecule has 3 rings (SSSR count). The molecule has 0 fully saturated rings. The Morgan fingerprint density at radius 1 is 0.957 bits per heavy atom. The lowest BCUT2D eigenvalue weighted by molar-refractivity contribution is 0.768. The third kappa shape index (κ3) is 3.85. The average Bonchev–Trinajstić information content (AvgIpc) is 2.97. The van der Waals surface area contributed by atoms with E-state index in [-0.39, 0.29) is 0 Å². The van der Waals surface area contributed by atoms with Gasteiger partial charge in [0.1, 0.15) is 0 Å². The molecule has 2 aromatic carbocycles. The highest BCUT2D eigenvalue weighted by Gasteiger charge is 2.08. The van der Waals surface area contributed by atoms with E-state index in [2.05, 4.69) is 68.7 Å². The Bertz CT molecular complexity index is 854. The standard InChI is InChI=1S/C19H19N3S/c1-15(2)20-21-19-22(13-16-9-5-3-6-10-16)18(14-23-19)17-11-7-4-8-12-17/h3-12,14H,13H2,1-2H3/b21-19-. The third-order valence-electron chi connectivity index (χ3n) is 3.39. The van der Waals surface area contributed by atoms with E-state index in [1.165, 1.54) is 16.8 Å². The summed E-state index contributed by atoms with van der Waals surface area (Å²) in [6.45, 7) is 4.69. The number of nitrogens with zero attached hydrogens (tertiary/aromatic N) is 3. The van der Waals surface area contributed by atoms with Crippen LogP contribution in [-0.4, -0.2) is 10.3 Å². The zero-order valence-corrected chi connectivity index (χ0v) is 14.1. The summed E-state index contributed by atoms with van der Waals surface area (Å²) in [4.78, 5) is 0.911. The Hall–Kier alpha value is -2.46. The molecule has 0 radical (unpaired) electrons. The molecular weight excluding hydrogens is 302 g/mol. The van der Waals surface area contributed by atoms with Crippen LogP contribution in [0.25, 0.3) is 11.3 Å². The van der Waals surface area contributed by atoms with Gasteiger partial charge in [0, 0.05) is 11.1 Å². The topological polar surface area (TPSA) is 29.6 Å². The fraction of sp³-hybridized carbons (Fsp3) is 0.158. The summed E-state index contributed by atoms with van der Waals surface area (Å²) < 4.78 is 2.22. The first-order chi connectivity index (χ1) is 11.2. The Labute approximate surface area is 140 Å². The third-order valence-corrected chi connectivity index (χ3v) is 4.24. The first kappa shape index (κ1) is 15.4. The van der Waals surface area contributed by atoms with Gasteiger partial charge in [-0.25, -0.2) is 0 Å². The van der Waals surface area contributed by atoms with Crippen molar-refractivity contribution in [2.24, 2.45) is 10.2 Å². The number of thiazole rings is 1. The molecule has 0 N–H and O–H groups in total. The van der Waals surface area contributed by atoms with Gasteiger partial charge in [0.2, 0.25) is 4.80 Å². The van der Waals surface area contributed by atoms with Gasteiger partial charge in [0.25, 0.3) is 0 Å². The highest BCUT2D eigenvalue weighted by Crippen LogP contribution is 2.20. The van der Waals surface area contributed by atoms with Crippen LogP contribution in [0.3, 0.4) is 0 Å². The van der Waals surface area contributed by atoms with Crippen LogP contribution in [0, 0.1) is 0 Å². The van der Waals surface area contributed by atoms with Gasteiger partial charge < -0.3 is 4.57 Å². The fourth-order valence-electron chi connectivity index (χ4n) is 2.31. The predicted molar refractivity (Wildman–Crippen MR) is 97.6 cm³/mol. The summed E-state index contributed by atoms with van der Waals surface area (Å²) in [7, 11) is 0. The van der Waals surface area contributed by atoms with E-state index < -0.39 is 0 Å². The molecule has 0 aliphatic carbocycles. The van der Waals surface area contributed by atoms with Crippen LogP contribution in [0.15, 0.2) is 76.2 Å². The van der Waals surface area contributed by atoms with Crippen LogP contribution in [0.5, 0.6) is 0 Å². The second-order valence-electron chi connectivity index (χ2n) is 5.49. The van der Waals surface area contributed by atoms with Crippen LogP contribution < -0.4 is 4.80 Å². The monoisotopic (exact) mass is 321 g/mol. The van der Waals surface area contributed by atoms with Crippen molar-refractivity contribution in [2.45, 2.75) is 20.4 Å². The van der Waals surface area contributed by atoms with E-state index in [9.17, 15) is 0 Å². The minimum Gasteiger partial charge on any atom is -0.311 e. The number of aromatic nitrogens is 1. The second-order valence-corrected chi connectivity index (χ2v) is 6.33. The molecule has 1 heterocycles. The van der Waals surface area contributed by atoms with Crippen LogP contribution in [-0.2, 0) is 6.54 Å². The summed E-state index contributed by atoms with van der Waals surface area (Å²) in [5.74, 6) is 0. The van der Waals surface area contributed by atoms with E-state index in [1.54, 1.807) is 11.3 Å². The molecule has 3 aromatic rings. The van der Waals surface area contributed by atoms with Gasteiger partial charge in [-0.05, 0) is 25.0 Å². The Morgan fingerprint density at radius 2 is 1.61 bits per heavy atom. The van der Waals surface area contributed by atoms with Gasteiger partial charge in [0.15, 0.2) is 0 Å². The molecule has 0 spiro atoms. The number of benzene rings is 2. The molecule has 1 aromatic heterocycles. The maximum Gasteiger partial charge on any atom is 0.211 e. The first-order valence-electron chi connectivity index (χ1n) is 7.56. The lowest BCUT2D eigenvalue weighted by Gasteiger charge is -2.09. The van der Waals surface area contributed by atoms with Crippen molar-refractivity contribution in [1.29, 1.82) is 0 Å². The Balaban J connectivity index is 2.11. The molecule has 4 heteroatoms. The van der Waals surface area contributed by atoms with Gasteiger partial charge in [-0.2, -0.15) is 5.10 Å². The van der Waals surface area contributed by atoms with E-state index >= 15 is 0 Å². The molecular formula is C19H19N3S. The fourth-order valence-corrected chi connectivity index (χ4v) is 3.17. The van der Waals surface area contributed by atoms with E-state index in [4.69, 9.17) is 0 Å². The molecule has 23 heavy (non-hydrogen) atoms. The smallest absolute Gasteiger partial charge is 0.211 e. The SMILES string of the molecule is CC(C)=N/N=c1\scc(-c2ccccc2)n1Cc1ccccc1. The van der Waals surface area contributed by atoms with Crippen LogP contribution in [0.4, 0.5) is 0 Å². The number of hydrogen-bond donors (Lipinski definition) is 0. The van der Waals surface area contributed by atoms with Crippen LogP contribution in [0.2, 0.25) is 0 Å². The van der Waals surface area contributed by atoms with Gasteiger partial charge in [0.05, 0.1) is 12.2 Å². The lowest BCUT2D eigenvalue weighted by atomic mass is 10.1. The van der Waals surface area contributed by atoms with Crippen LogP contribution in [0.1, 0.15) is 19.4 Å². The number of rotatable bonds is 4. The van der Waals surface area contributed by atoms with Gasteiger partial charge in [-0.15, -0.1) is 16.4 Å². The molecule has 3 nitrogen and oxygen atoms in total.